The lowest BCUT2D eigenvalue weighted by Gasteiger charge is -2.06. The van der Waals surface area contributed by atoms with Crippen LogP contribution < -0.4 is 10.9 Å². The van der Waals surface area contributed by atoms with E-state index in [1.165, 1.54) is 41.7 Å². The molecule has 0 fully saturated rings. The van der Waals surface area contributed by atoms with Crippen molar-refractivity contribution in [3.63, 3.8) is 0 Å². The van der Waals surface area contributed by atoms with Gasteiger partial charge in [-0.3, -0.25) is 9.59 Å². The van der Waals surface area contributed by atoms with Crippen LogP contribution in [0.1, 0.15) is 23.4 Å². The Labute approximate surface area is 129 Å². The van der Waals surface area contributed by atoms with E-state index in [0.29, 0.717) is 10.3 Å². The van der Waals surface area contributed by atoms with Crippen LogP contribution in [0.15, 0.2) is 22.2 Å². The minimum absolute atomic E-state index is 0.141. The van der Waals surface area contributed by atoms with Crippen LogP contribution in [0, 0.1) is 0 Å². The van der Waals surface area contributed by atoms with Crippen molar-refractivity contribution in [3.8, 4) is 0 Å². The number of anilines is 1. The van der Waals surface area contributed by atoms with Crippen molar-refractivity contribution in [1.82, 2.24) is 15.0 Å². The first kappa shape index (κ1) is 14.3. The third-order valence-corrected chi connectivity index (χ3v) is 5.04. The van der Waals surface area contributed by atoms with Crippen molar-refractivity contribution < 1.29 is 4.79 Å². The molecule has 1 aliphatic rings. The van der Waals surface area contributed by atoms with E-state index in [1.807, 2.05) is 0 Å². The molecule has 0 aromatic carbocycles. The third-order valence-electron chi connectivity index (χ3n) is 3.08. The molecule has 0 unspecified atom stereocenters. The lowest BCUT2D eigenvalue weighted by molar-refractivity contribution is -0.113. The Hall–Kier alpha value is -1.67. The number of rotatable bonds is 4. The monoisotopic (exact) mass is 322 g/mol. The number of hydrogen-bond donors (Lipinski definition) is 2. The van der Waals surface area contributed by atoms with E-state index in [2.05, 4.69) is 20.3 Å². The van der Waals surface area contributed by atoms with Crippen LogP contribution in [0.5, 0.6) is 0 Å². The summed E-state index contributed by atoms with van der Waals surface area (Å²) in [6.07, 6.45) is 5.87. The van der Waals surface area contributed by atoms with E-state index in [4.69, 9.17) is 0 Å². The number of aromatic nitrogens is 3. The number of aromatic amines is 1. The fourth-order valence-corrected chi connectivity index (χ4v) is 3.83. The van der Waals surface area contributed by atoms with Crippen LogP contribution in [-0.4, -0.2) is 26.6 Å². The van der Waals surface area contributed by atoms with Crippen molar-refractivity contribution in [2.24, 2.45) is 0 Å². The zero-order valence-corrected chi connectivity index (χ0v) is 12.9. The number of H-pyrrole nitrogens is 1. The smallest absolute Gasteiger partial charge is 0.251 e. The summed E-state index contributed by atoms with van der Waals surface area (Å²) < 4.78 is 0. The second kappa shape index (κ2) is 6.40. The molecular formula is C13H14N4O2S2. The maximum Gasteiger partial charge on any atom is 0.251 e. The van der Waals surface area contributed by atoms with Gasteiger partial charge in [0, 0.05) is 17.1 Å². The van der Waals surface area contributed by atoms with Crippen molar-refractivity contribution in [2.75, 3.05) is 11.1 Å². The maximum absolute atomic E-state index is 11.9. The lowest BCUT2D eigenvalue weighted by atomic mass is 10.0. The number of fused-ring (bicyclic) bond motifs is 1. The maximum atomic E-state index is 11.9. The standard InChI is InChI=1S/C13H14N4O2S2/c18-10-5-6-14-12(16-10)20-7-11(19)17-13-15-8-3-1-2-4-9(8)21-13/h5-6H,1-4,7H2,(H,14,16,18)(H,15,17,19). The Bertz CT molecular complexity index is 687. The number of thiazole rings is 1. The predicted octanol–water partition coefficient (Wildman–Crippen LogP) is 1.84. The number of nitrogens with zero attached hydrogens (tertiary/aromatic N) is 2. The van der Waals surface area contributed by atoms with Crippen LogP contribution in [0.3, 0.4) is 0 Å². The van der Waals surface area contributed by atoms with Gasteiger partial charge in [0.05, 0.1) is 11.4 Å². The molecule has 110 valence electrons. The number of nitrogens with one attached hydrogen (secondary N) is 2. The van der Waals surface area contributed by atoms with Gasteiger partial charge in [-0.2, -0.15) is 0 Å². The first-order valence-corrected chi connectivity index (χ1v) is 8.47. The van der Waals surface area contributed by atoms with Crippen LogP contribution in [0.2, 0.25) is 0 Å². The van der Waals surface area contributed by atoms with Crippen molar-refractivity contribution in [1.29, 1.82) is 0 Å². The quantitative estimate of drug-likeness (QED) is 0.662. The summed E-state index contributed by atoms with van der Waals surface area (Å²) in [5.74, 6) is 0.0506. The van der Waals surface area contributed by atoms with Gasteiger partial charge in [0.15, 0.2) is 10.3 Å². The second-order valence-corrected chi connectivity index (χ2v) is 6.72. The molecule has 0 bridgehead atoms. The molecule has 1 aliphatic carbocycles. The first-order chi connectivity index (χ1) is 10.2. The number of carbonyl (C=O) groups excluding carboxylic acids is 1. The Morgan fingerprint density at radius 2 is 2.29 bits per heavy atom. The molecule has 2 aromatic rings. The summed E-state index contributed by atoms with van der Waals surface area (Å²) >= 11 is 2.76. The van der Waals surface area contributed by atoms with Crippen LogP contribution in [0.4, 0.5) is 5.13 Å². The van der Waals surface area contributed by atoms with Crippen LogP contribution >= 0.6 is 23.1 Å². The molecule has 2 N–H and O–H groups in total. The average Bonchev–Trinajstić information content (AvgIpc) is 2.87. The zero-order valence-electron chi connectivity index (χ0n) is 11.2. The Morgan fingerprint density at radius 1 is 1.43 bits per heavy atom. The van der Waals surface area contributed by atoms with Gasteiger partial charge >= 0.3 is 0 Å². The highest BCUT2D eigenvalue weighted by molar-refractivity contribution is 7.99. The third kappa shape index (κ3) is 3.70. The first-order valence-electron chi connectivity index (χ1n) is 6.67. The van der Waals surface area contributed by atoms with Gasteiger partial charge in [0.25, 0.3) is 5.56 Å². The molecule has 2 aromatic heterocycles. The van der Waals surface area contributed by atoms with Gasteiger partial charge < -0.3 is 10.3 Å². The minimum atomic E-state index is -0.222. The SMILES string of the molecule is O=C(CSc1nccc(=O)[nH]1)Nc1nc2c(s1)CCCC2. The molecular weight excluding hydrogens is 308 g/mol. The number of carbonyl (C=O) groups is 1. The Kier molecular flexibility index (Phi) is 4.35. The highest BCUT2D eigenvalue weighted by Crippen LogP contribution is 2.29. The van der Waals surface area contributed by atoms with Gasteiger partial charge in [0.1, 0.15) is 0 Å². The molecule has 8 heteroatoms. The lowest BCUT2D eigenvalue weighted by Crippen LogP contribution is -2.15. The van der Waals surface area contributed by atoms with Gasteiger partial charge in [0.2, 0.25) is 5.91 Å². The van der Waals surface area contributed by atoms with E-state index in [9.17, 15) is 9.59 Å². The normalized spacial score (nSPS) is 13.7. The molecule has 0 spiro atoms. The van der Waals surface area contributed by atoms with E-state index >= 15 is 0 Å². The summed E-state index contributed by atoms with van der Waals surface area (Å²) in [5.41, 5.74) is 0.906. The molecule has 6 nitrogen and oxygen atoms in total. The largest absolute Gasteiger partial charge is 0.301 e. The number of hydrogen-bond acceptors (Lipinski definition) is 6. The summed E-state index contributed by atoms with van der Waals surface area (Å²) in [6, 6.07) is 1.34. The number of thioether (sulfide) groups is 1. The highest BCUT2D eigenvalue weighted by atomic mass is 32.2. The van der Waals surface area contributed by atoms with Crippen molar-refractivity contribution in [2.45, 2.75) is 30.8 Å². The van der Waals surface area contributed by atoms with E-state index in [1.54, 1.807) is 11.3 Å². The molecule has 0 atom stereocenters. The minimum Gasteiger partial charge on any atom is -0.301 e. The summed E-state index contributed by atoms with van der Waals surface area (Å²) in [7, 11) is 0. The molecule has 2 heterocycles. The fourth-order valence-electron chi connectivity index (χ4n) is 2.12. The molecule has 3 rings (SSSR count). The Balaban J connectivity index is 1.56. The molecule has 0 radical (unpaired) electrons. The van der Waals surface area contributed by atoms with Gasteiger partial charge in [-0.25, -0.2) is 9.97 Å². The zero-order chi connectivity index (χ0) is 14.7. The highest BCUT2D eigenvalue weighted by Gasteiger charge is 2.16. The van der Waals surface area contributed by atoms with Gasteiger partial charge in [-0.15, -0.1) is 11.3 Å². The van der Waals surface area contributed by atoms with E-state index < -0.39 is 0 Å². The van der Waals surface area contributed by atoms with Crippen LogP contribution in [-0.2, 0) is 17.6 Å². The molecule has 0 aliphatic heterocycles. The molecule has 21 heavy (non-hydrogen) atoms. The molecule has 1 amide bonds. The Morgan fingerprint density at radius 3 is 3.10 bits per heavy atom. The average molecular weight is 322 g/mol. The second-order valence-electron chi connectivity index (χ2n) is 4.67. The summed E-state index contributed by atoms with van der Waals surface area (Å²) in [6.45, 7) is 0. The molecule has 0 saturated carbocycles. The number of amides is 1. The van der Waals surface area contributed by atoms with Gasteiger partial charge in [-0.1, -0.05) is 11.8 Å². The van der Waals surface area contributed by atoms with E-state index in [0.717, 1.165) is 18.5 Å². The predicted molar refractivity (Wildman–Crippen MR) is 83.0 cm³/mol. The summed E-state index contributed by atoms with van der Waals surface area (Å²) in [4.78, 5) is 35.3. The van der Waals surface area contributed by atoms with E-state index in [-0.39, 0.29) is 17.2 Å². The van der Waals surface area contributed by atoms with Crippen molar-refractivity contribution >= 4 is 34.1 Å². The van der Waals surface area contributed by atoms with Crippen LogP contribution in [0.25, 0.3) is 0 Å². The fraction of sp³-hybridized carbons (Fsp3) is 0.385. The summed E-state index contributed by atoms with van der Waals surface area (Å²) in [5, 5.41) is 3.92. The topological polar surface area (TPSA) is 87.7 Å². The van der Waals surface area contributed by atoms with Gasteiger partial charge in [-0.05, 0) is 25.7 Å². The number of aryl methyl sites for hydroxylation is 2. The molecule has 0 saturated heterocycles. The van der Waals surface area contributed by atoms with Crippen molar-refractivity contribution in [3.05, 3.63) is 33.2 Å².